The number of nitrogens with two attached hydrogens (primary N) is 1. The Kier molecular flexibility index (Phi) is 3.60. The average molecular weight is 261 g/mol. The zero-order valence-electron chi connectivity index (χ0n) is 7.55. The molecule has 1 rings (SSSR count). The Bertz CT molecular complexity index is 355. The van der Waals surface area contributed by atoms with Crippen LogP contribution in [0, 0.1) is 5.82 Å². The van der Waals surface area contributed by atoms with Crippen LogP contribution in [-0.2, 0) is 4.79 Å². The molecule has 3 N–H and O–H groups in total. The fourth-order valence-electron chi connectivity index (χ4n) is 0.840. The number of carbonyl (C=O) groups excluding carboxylic acids is 1. The van der Waals surface area contributed by atoms with Crippen LogP contribution in [0.2, 0.25) is 0 Å². The van der Waals surface area contributed by atoms with Gasteiger partial charge in [-0.1, -0.05) is 0 Å². The van der Waals surface area contributed by atoms with Crippen LogP contribution in [0.1, 0.15) is 6.92 Å². The highest BCUT2D eigenvalue weighted by Gasteiger charge is 2.09. The van der Waals surface area contributed by atoms with E-state index in [1.807, 2.05) is 0 Å². The standard InChI is InChI=1S/C9H10BrFN2O/c1-5(12)9(14)13-8-4-6(11)2-3-7(8)10/h2-5H,12H2,1H3,(H,13,14)/t5-/m0/s1. The van der Waals surface area contributed by atoms with Crippen molar-refractivity contribution in [2.24, 2.45) is 5.73 Å². The second kappa shape index (κ2) is 4.52. The van der Waals surface area contributed by atoms with E-state index in [1.54, 1.807) is 6.92 Å². The van der Waals surface area contributed by atoms with Gasteiger partial charge in [0.2, 0.25) is 5.91 Å². The molecule has 1 atom stereocenters. The Labute approximate surface area is 89.6 Å². The minimum absolute atomic E-state index is 0.351. The molecule has 0 saturated heterocycles. The fraction of sp³-hybridized carbons (Fsp3) is 0.222. The van der Waals surface area contributed by atoms with Gasteiger partial charge >= 0.3 is 0 Å². The van der Waals surface area contributed by atoms with Crippen molar-refractivity contribution in [3.63, 3.8) is 0 Å². The Morgan fingerprint density at radius 1 is 1.64 bits per heavy atom. The number of rotatable bonds is 2. The fourth-order valence-corrected chi connectivity index (χ4v) is 1.19. The van der Waals surface area contributed by atoms with Gasteiger partial charge in [0.05, 0.1) is 11.7 Å². The van der Waals surface area contributed by atoms with Gasteiger partial charge in [-0.15, -0.1) is 0 Å². The maximum Gasteiger partial charge on any atom is 0.241 e. The maximum atomic E-state index is 12.8. The van der Waals surface area contributed by atoms with Gasteiger partial charge in [-0.25, -0.2) is 4.39 Å². The summed E-state index contributed by atoms with van der Waals surface area (Å²) in [6, 6.07) is 3.42. The lowest BCUT2D eigenvalue weighted by atomic mass is 10.3. The first-order valence-electron chi connectivity index (χ1n) is 4.02. The highest BCUT2D eigenvalue weighted by atomic mass is 79.9. The quantitative estimate of drug-likeness (QED) is 0.853. The van der Waals surface area contributed by atoms with E-state index in [0.717, 1.165) is 0 Å². The second-order valence-electron chi connectivity index (χ2n) is 2.90. The van der Waals surface area contributed by atoms with Crippen molar-refractivity contribution >= 4 is 27.5 Å². The summed E-state index contributed by atoms with van der Waals surface area (Å²) in [7, 11) is 0. The number of hydrogen-bond acceptors (Lipinski definition) is 2. The van der Waals surface area contributed by atoms with Gasteiger partial charge in [0, 0.05) is 4.47 Å². The Hall–Kier alpha value is -0.940. The summed E-state index contributed by atoms with van der Waals surface area (Å²) >= 11 is 3.19. The van der Waals surface area contributed by atoms with Crippen LogP contribution in [-0.4, -0.2) is 11.9 Å². The minimum atomic E-state index is -0.620. The van der Waals surface area contributed by atoms with Crippen LogP contribution < -0.4 is 11.1 Å². The monoisotopic (exact) mass is 260 g/mol. The lowest BCUT2D eigenvalue weighted by Gasteiger charge is -2.09. The van der Waals surface area contributed by atoms with E-state index in [4.69, 9.17) is 5.73 Å². The molecule has 0 saturated carbocycles. The molecule has 0 aliphatic rings. The molecule has 1 aromatic rings. The van der Waals surface area contributed by atoms with E-state index in [1.165, 1.54) is 18.2 Å². The molecule has 0 heterocycles. The predicted molar refractivity (Wildman–Crippen MR) is 56.4 cm³/mol. The number of nitrogens with one attached hydrogen (secondary N) is 1. The minimum Gasteiger partial charge on any atom is -0.324 e. The number of amides is 1. The van der Waals surface area contributed by atoms with E-state index >= 15 is 0 Å². The van der Waals surface area contributed by atoms with Gasteiger partial charge in [-0.05, 0) is 41.1 Å². The summed E-state index contributed by atoms with van der Waals surface area (Å²) in [5, 5.41) is 2.50. The Balaban J connectivity index is 2.86. The van der Waals surface area contributed by atoms with Crippen LogP contribution in [0.3, 0.4) is 0 Å². The third-order valence-electron chi connectivity index (χ3n) is 1.60. The number of carbonyl (C=O) groups is 1. The predicted octanol–water partition coefficient (Wildman–Crippen LogP) is 1.87. The van der Waals surface area contributed by atoms with Crippen molar-refractivity contribution in [2.45, 2.75) is 13.0 Å². The molecular weight excluding hydrogens is 251 g/mol. The van der Waals surface area contributed by atoms with E-state index < -0.39 is 11.9 Å². The summed E-state index contributed by atoms with van der Waals surface area (Å²) < 4.78 is 13.4. The summed E-state index contributed by atoms with van der Waals surface area (Å²) in [6.45, 7) is 1.56. The number of anilines is 1. The Morgan fingerprint density at radius 2 is 2.29 bits per heavy atom. The summed E-state index contributed by atoms with van der Waals surface area (Å²) in [5.74, 6) is -0.760. The SMILES string of the molecule is C[C@H](N)C(=O)Nc1cc(F)ccc1Br. The molecule has 1 aromatic carbocycles. The molecule has 76 valence electrons. The zero-order valence-corrected chi connectivity index (χ0v) is 9.14. The second-order valence-corrected chi connectivity index (χ2v) is 3.76. The van der Waals surface area contributed by atoms with Gasteiger partial charge < -0.3 is 11.1 Å². The summed E-state index contributed by atoms with van der Waals surface area (Å²) in [4.78, 5) is 11.2. The smallest absolute Gasteiger partial charge is 0.241 e. The van der Waals surface area contributed by atoms with Crippen LogP contribution in [0.5, 0.6) is 0 Å². The lowest BCUT2D eigenvalue weighted by Crippen LogP contribution is -2.32. The van der Waals surface area contributed by atoms with Crippen LogP contribution in [0.15, 0.2) is 22.7 Å². The van der Waals surface area contributed by atoms with Crippen molar-refractivity contribution in [3.8, 4) is 0 Å². The number of benzene rings is 1. The third-order valence-corrected chi connectivity index (χ3v) is 2.29. The van der Waals surface area contributed by atoms with Gasteiger partial charge in [-0.2, -0.15) is 0 Å². The summed E-state index contributed by atoms with van der Waals surface area (Å²) in [6.07, 6.45) is 0. The van der Waals surface area contributed by atoms with Gasteiger partial charge in [0.1, 0.15) is 5.82 Å². The molecular formula is C9H10BrFN2O. The molecule has 0 aliphatic heterocycles. The Morgan fingerprint density at radius 3 is 2.86 bits per heavy atom. The maximum absolute atomic E-state index is 12.8. The van der Waals surface area contributed by atoms with Crippen LogP contribution in [0.4, 0.5) is 10.1 Å². The third kappa shape index (κ3) is 2.78. The zero-order chi connectivity index (χ0) is 10.7. The van der Waals surface area contributed by atoms with Gasteiger partial charge in [0.15, 0.2) is 0 Å². The van der Waals surface area contributed by atoms with Gasteiger partial charge in [0.25, 0.3) is 0 Å². The first-order valence-corrected chi connectivity index (χ1v) is 4.81. The van der Waals surface area contributed by atoms with Crippen LogP contribution >= 0.6 is 15.9 Å². The topological polar surface area (TPSA) is 55.1 Å². The average Bonchev–Trinajstić information content (AvgIpc) is 2.11. The van der Waals surface area contributed by atoms with Crippen molar-refractivity contribution < 1.29 is 9.18 Å². The summed E-state index contributed by atoms with van der Waals surface area (Å²) in [5.41, 5.74) is 5.73. The van der Waals surface area contributed by atoms with E-state index in [2.05, 4.69) is 21.2 Å². The molecule has 5 heteroatoms. The molecule has 14 heavy (non-hydrogen) atoms. The molecule has 0 spiro atoms. The van der Waals surface area contributed by atoms with Crippen LogP contribution in [0.25, 0.3) is 0 Å². The van der Waals surface area contributed by atoms with E-state index in [0.29, 0.717) is 10.2 Å². The largest absolute Gasteiger partial charge is 0.324 e. The van der Waals surface area contributed by atoms with Crippen molar-refractivity contribution in [1.29, 1.82) is 0 Å². The first-order chi connectivity index (χ1) is 6.50. The molecule has 0 unspecified atom stereocenters. The van der Waals surface area contributed by atoms with E-state index in [9.17, 15) is 9.18 Å². The van der Waals surface area contributed by atoms with Crippen molar-refractivity contribution in [2.75, 3.05) is 5.32 Å². The molecule has 0 aliphatic carbocycles. The molecule has 0 bridgehead atoms. The molecule has 3 nitrogen and oxygen atoms in total. The van der Waals surface area contributed by atoms with Crippen molar-refractivity contribution in [3.05, 3.63) is 28.5 Å². The lowest BCUT2D eigenvalue weighted by molar-refractivity contribution is -0.117. The highest BCUT2D eigenvalue weighted by Crippen LogP contribution is 2.22. The highest BCUT2D eigenvalue weighted by molar-refractivity contribution is 9.10. The molecule has 0 fully saturated rings. The van der Waals surface area contributed by atoms with Gasteiger partial charge in [-0.3, -0.25) is 4.79 Å². The number of hydrogen-bond donors (Lipinski definition) is 2. The molecule has 0 aromatic heterocycles. The molecule has 0 radical (unpaired) electrons. The number of halogens is 2. The first kappa shape index (κ1) is 11.1. The van der Waals surface area contributed by atoms with Crippen molar-refractivity contribution in [1.82, 2.24) is 0 Å². The normalized spacial score (nSPS) is 12.3. The van der Waals surface area contributed by atoms with E-state index in [-0.39, 0.29) is 5.91 Å². The molecule has 1 amide bonds.